The van der Waals surface area contributed by atoms with Crippen LogP contribution in [0.3, 0.4) is 0 Å². The van der Waals surface area contributed by atoms with Crippen LogP contribution in [0.2, 0.25) is 0 Å². The lowest BCUT2D eigenvalue weighted by molar-refractivity contribution is 0.210. The zero-order valence-corrected chi connectivity index (χ0v) is 12.8. The average molecular weight is 331 g/mol. The van der Waals surface area contributed by atoms with Crippen molar-refractivity contribution in [3.63, 3.8) is 0 Å². The van der Waals surface area contributed by atoms with Crippen molar-refractivity contribution in [1.82, 2.24) is 4.90 Å². The third kappa shape index (κ3) is 2.43. The van der Waals surface area contributed by atoms with Crippen molar-refractivity contribution in [1.29, 1.82) is 0 Å². The summed E-state index contributed by atoms with van der Waals surface area (Å²) < 4.78 is 1.04. The van der Waals surface area contributed by atoms with Crippen molar-refractivity contribution in [3.8, 4) is 0 Å². The molecule has 0 N–H and O–H groups in total. The summed E-state index contributed by atoms with van der Waals surface area (Å²) in [5.41, 5.74) is 3.29. The van der Waals surface area contributed by atoms with Crippen LogP contribution in [-0.4, -0.2) is 18.0 Å². The molecule has 3 rings (SSSR count). The van der Waals surface area contributed by atoms with E-state index < -0.39 is 0 Å². The zero-order chi connectivity index (χ0) is 14.1. The molecule has 1 heterocycles. The first-order valence-electron chi connectivity index (χ1n) is 6.50. The summed E-state index contributed by atoms with van der Waals surface area (Å²) in [6.45, 7) is 1.25. The highest BCUT2D eigenvalue weighted by Gasteiger charge is 2.27. The van der Waals surface area contributed by atoms with E-state index in [2.05, 4.69) is 22.0 Å². The van der Waals surface area contributed by atoms with Gasteiger partial charge in [0.25, 0.3) is 0 Å². The predicted molar refractivity (Wildman–Crippen MR) is 83.6 cm³/mol. The second-order valence-corrected chi connectivity index (χ2v) is 5.90. The first kappa shape index (κ1) is 13.2. The number of urea groups is 1. The summed E-state index contributed by atoms with van der Waals surface area (Å²) >= 11 is 3.49. The van der Waals surface area contributed by atoms with Gasteiger partial charge in [0.2, 0.25) is 0 Å². The highest BCUT2D eigenvalue weighted by Crippen LogP contribution is 2.31. The molecule has 0 fully saturated rings. The maximum Gasteiger partial charge on any atom is 0.324 e. The van der Waals surface area contributed by atoms with E-state index in [1.807, 2.05) is 54.4 Å². The van der Waals surface area contributed by atoms with Crippen LogP contribution < -0.4 is 4.90 Å². The predicted octanol–water partition coefficient (Wildman–Crippen LogP) is 4.02. The van der Waals surface area contributed by atoms with Gasteiger partial charge in [-0.15, -0.1) is 0 Å². The Morgan fingerprint density at radius 3 is 2.65 bits per heavy atom. The second-order valence-electron chi connectivity index (χ2n) is 4.98. The number of benzene rings is 2. The van der Waals surface area contributed by atoms with Crippen LogP contribution in [0.1, 0.15) is 11.1 Å². The highest BCUT2D eigenvalue weighted by atomic mass is 79.9. The summed E-state index contributed by atoms with van der Waals surface area (Å²) in [6.07, 6.45) is 0. The van der Waals surface area contributed by atoms with Crippen molar-refractivity contribution < 1.29 is 4.79 Å². The van der Waals surface area contributed by atoms with E-state index in [0.717, 1.165) is 21.3 Å². The van der Waals surface area contributed by atoms with Gasteiger partial charge in [0.15, 0.2) is 0 Å². The first-order chi connectivity index (χ1) is 9.65. The monoisotopic (exact) mass is 330 g/mol. The molecule has 3 nitrogen and oxygen atoms in total. The van der Waals surface area contributed by atoms with E-state index >= 15 is 0 Å². The molecule has 0 aliphatic carbocycles. The normalized spacial score (nSPS) is 14.4. The van der Waals surface area contributed by atoms with Crippen molar-refractivity contribution >= 4 is 27.6 Å². The number of nitrogens with zero attached hydrogens (tertiary/aromatic N) is 2. The van der Waals surface area contributed by atoms with Gasteiger partial charge in [-0.3, -0.25) is 4.90 Å². The van der Waals surface area contributed by atoms with Gasteiger partial charge in [-0.2, -0.15) is 0 Å². The van der Waals surface area contributed by atoms with E-state index in [0.29, 0.717) is 13.1 Å². The number of anilines is 1. The van der Waals surface area contributed by atoms with Crippen LogP contribution in [-0.2, 0) is 13.1 Å². The number of halogens is 1. The molecule has 2 aromatic carbocycles. The van der Waals surface area contributed by atoms with Gasteiger partial charge in [-0.1, -0.05) is 46.3 Å². The number of amides is 2. The first-order valence-corrected chi connectivity index (χ1v) is 7.29. The second kappa shape index (κ2) is 5.29. The molecule has 102 valence electrons. The number of fused-ring (bicyclic) bond motifs is 1. The Bertz CT molecular complexity index is 642. The lowest BCUT2D eigenvalue weighted by atomic mass is 10.1. The van der Waals surface area contributed by atoms with Crippen LogP contribution in [0.4, 0.5) is 10.5 Å². The largest absolute Gasteiger partial charge is 0.324 e. The molecule has 0 saturated carbocycles. The molecule has 0 unspecified atom stereocenters. The molecular formula is C16H15BrN2O. The van der Waals surface area contributed by atoms with Crippen LogP contribution in [0.25, 0.3) is 0 Å². The van der Waals surface area contributed by atoms with E-state index in [-0.39, 0.29) is 6.03 Å². The van der Waals surface area contributed by atoms with Crippen LogP contribution >= 0.6 is 15.9 Å². The Morgan fingerprint density at radius 1 is 1.15 bits per heavy atom. The number of rotatable bonds is 2. The Morgan fingerprint density at radius 2 is 1.90 bits per heavy atom. The molecule has 20 heavy (non-hydrogen) atoms. The average Bonchev–Trinajstić information content (AvgIpc) is 2.45. The van der Waals surface area contributed by atoms with E-state index in [1.165, 1.54) is 0 Å². The molecule has 0 aromatic heterocycles. The number of hydrogen-bond acceptors (Lipinski definition) is 1. The summed E-state index contributed by atoms with van der Waals surface area (Å²) in [6, 6.07) is 16.2. The fourth-order valence-electron chi connectivity index (χ4n) is 2.50. The molecule has 0 bridgehead atoms. The quantitative estimate of drug-likeness (QED) is 0.815. The Hall–Kier alpha value is -1.81. The van der Waals surface area contributed by atoms with Gasteiger partial charge in [-0.25, -0.2) is 4.79 Å². The van der Waals surface area contributed by atoms with E-state index in [9.17, 15) is 4.79 Å². The van der Waals surface area contributed by atoms with E-state index in [1.54, 1.807) is 4.90 Å². The molecule has 0 spiro atoms. The summed E-state index contributed by atoms with van der Waals surface area (Å²) in [7, 11) is 1.84. The van der Waals surface area contributed by atoms with Gasteiger partial charge in [0.1, 0.15) is 0 Å². The highest BCUT2D eigenvalue weighted by molar-refractivity contribution is 9.10. The summed E-state index contributed by atoms with van der Waals surface area (Å²) in [5.74, 6) is 0. The molecule has 1 aliphatic rings. The molecule has 4 heteroatoms. The van der Waals surface area contributed by atoms with Gasteiger partial charge >= 0.3 is 6.03 Å². The smallest absolute Gasteiger partial charge is 0.323 e. The SMILES string of the molecule is CN1Cc2cc(Br)ccc2N(Cc2ccccc2)C1=O. The Kier molecular flexibility index (Phi) is 3.49. The molecule has 0 atom stereocenters. The topological polar surface area (TPSA) is 23.6 Å². The minimum Gasteiger partial charge on any atom is -0.323 e. The third-order valence-corrected chi connectivity index (χ3v) is 3.97. The van der Waals surface area contributed by atoms with Crippen molar-refractivity contribution in [2.75, 3.05) is 11.9 Å². The number of carbonyl (C=O) groups is 1. The van der Waals surface area contributed by atoms with Gasteiger partial charge in [0, 0.05) is 18.1 Å². The molecule has 1 aliphatic heterocycles. The summed E-state index contributed by atoms with van der Waals surface area (Å²) in [4.78, 5) is 16.0. The van der Waals surface area contributed by atoms with Crippen LogP contribution in [0, 0.1) is 0 Å². The summed E-state index contributed by atoms with van der Waals surface area (Å²) in [5, 5.41) is 0. The van der Waals surface area contributed by atoms with Crippen molar-refractivity contribution in [2.24, 2.45) is 0 Å². The molecule has 2 amide bonds. The minimum absolute atomic E-state index is 0.0451. The lowest BCUT2D eigenvalue weighted by Gasteiger charge is -2.35. The number of carbonyl (C=O) groups excluding carboxylic acids is 1. The lowest BCUT2D eigenvalue weighted by Crippen LogP contribution is -2.44. The van der Waals surface area contributed by atoms with Gasteiger partial charge < -0.3 is 4.90 Å². The zero-order valence-electron chi connectivity index (χ0n) is 11.2. The standard InChI is InChI=1S/C16H15BrN2O/c1-18-11-13-9-14(17)7-8-15(13)19(16(18)20)10-12-5-3-2-4-6-12/h2-9H,10-11H2,1H3. The molecular weight excluding hydrogens is 316 g/mol. The van der Waals surface area contributed by atoms with Crippen molar-refractivity contribution in [2.45, 2.75) is 13.1 Å². The fourth-order valence-corrected chi connectivity index (χ4v) is 2.90. The van der Waals surface area contributed by atoms with Gasteiger partial charge in [0.05, 0.1) is 12.2 Å². The third-order valence-electron chi connectivity index (χ3n) is 3.48. The fraction of sp³-hybridized carbons (Fsp3) is 0.188. The van der Waals surface area contributed by atoms with Crippen LogP contribution in [0.15, 0.2) is 53.0 Å². The molecule has 2 aromatic rings. The number of hydrogen-bond donors (Lipinski definition) is 0. The maximum atomic E-state index is 12.4. The Labute approximate surface area is 126 Å². The van der Waals surface area contributed by atoms with Crippen LogP contribution in [0.5, 0.6) is 0 Å². The van der Waals surface area contributed by atoms with Gasteiger partial charge in [-0.05, 0) is 29.3 Å². The maximum absolute atomic E-state index is 12.4. The molecule has 0 radical (unpaired) electrons. The molecule has 0 saturated heterocycles. The minimum atomic E-state index is 0.0451. The Balaban J connectivity index is 1.99. The van der Waals surface area contributed by atoms with Crippen molar-refractivity contribution in [3.05, 3.63) is 64.1 Å². The van der Waals surface area contributed by atoms with E-state index in [4.69, 9.17) is 0 Å².